The second-order valence-corrected chi connectivity index (χ2v) is 6.07. The van der Waals surface area contributed by atoms with Gasteiger partial charge in [0.25, 0.3) is 0 Å². The van der Waals surface area contributed by atoms with Crippen molar-refractivity contribution in [1.82, 2.24) is 0 Å². The van der Waals surface area contributed by atoms with E-state index < -0.39 is 0 Å². The first-order chi connectivity index (χ1) is 8.82. The Bertz CT molecular complexity index is 394. The van der Waals surface area contributed by atoms with Gasteiger partial charge in [0.05, 0.1) is 6.10 Å². The molecule has 0 spiro atoms. The first-order valence-corrected chi connectivity index (χ1v) is 7.13. The highest BCUT2D eigenvalue weighted by Crippen LogP contribution is 2.26. The van der Waals surface area contributed by atoms with E-state index in [2.05, 4.69) is 27.7 Å². The summed E-state index contributed by atoms with van der Waals surface area (Å²) in [6.45, 7) is 12.4. The lowest BCUT2D eigenvalue weighted by molar-refractivity contribution is 0.0839. The lowest BCUT2D eigenvalue weighted by atomic mass is 9.80. The highest BCUT2D eigenvalue weighted by Gasteiger charge is 2.26. The largest absolute Gasteiger partial charge is 0.491 e. The molecule has 1 aromatic carbocycles. The van der Waals surface area contributed by atoms with E-state index in [4.69, 9.17) is 4.74 Å². The van der Waals surface area contributed by atoms with Gasteiger partial charge >= 0.3 is 0 Å². The van der Waals surface area contributed by atoms with Gasteiger partial charge in [0.15, 0.2) is 5.78 Å². The molecule has 0 fully saturated rings. The molecule has 0 radical (unpaired) electrons. The fraction of sp³-hybridized carbons (Fsp3) is 0.588. The lowest BCUT2D eigenvalue weighted by Gasteiger charge is -2.23. The zero-order valence-corrected chi connectivity index (χ0v) is 12.9. The maximum atomic E-state index is 12.5. The van der Waals surface area contributed by atoms with E-state index in [9.17, 15) is 4.79 Å². The quantitative estimate of drug-likeness (QED) is 0.701. The van der Waals surface area contributed by atoms with Gasteiger partial charge in [-0.05, 0) is 49.9 Å². The smallest absolute Gasteiger partial charge is 0.166 e. The summed E-state index contributed by atoms with van der Waals surface area (Å²) in [6, 6.07) is 7.51. The Morgan fingerprint density at radius 1 is 0.895 bits per heavy atom. The van der Waals surface area contributed by atoms with Crippen LogP contribution in [0, 0.1) is 17.8 Å². The van der Waals surface area contributed by atoms with Crippen LogP contribution in [0.25, 0.3) is 0 Å². The minimum absolute atomic E-state index is 0.0804. The SMILES string of the molecule is CC(C)Oc1ccc(C(=O)C(C(C)C)C(C)C)cc1. The summed E-state index contributed by atoms with van der Waals surface area (Å²) in [5, 5.41) is 0. The Balaban J connectivity index is 2.88. The topological polar surface area (TPSA) is 26.3 Å². The summed E-state index contributed by atoms with van der Waals surface area (Å²) >= 11 is 0. The number of ether oxygens (including phenoxy) is 1. The van der Waals surface area contributed by atoms with Crippen molar-refractivity contribution in [3.8, 4) is 5.75 Å². The Morgan fingerprint density at radius 3 is 1.74 bits per heavy atom. The maximum absolute atomic E-state index is 12.5. The standard InChI is InChI=1S/C17H26O2/c1-11(2)16(12(3)4)17(18)14-7-9-15(10-8-14)19-13(5)6/h7-13,16H,1-6H3. The van der Waals surface area contributed by atoms with Crippen LogP contribution in [0.5, 0.6) is 5.75 Å². The molecular formula is C17H26O2. The third-order valence-corrected chi connectivity index (χ3v) is 3.25. The van der Waals surface area contributed by atoms with Crippen molar-refractivity contribution in [2.75, 3.05) is 0 Å². The fourth-order valence-corrected chi connectivity index (χ4v) is 2.54. The van der Waals surface area contributed by atoms with E-state index in [1.165, 1.54) is 0 Å². The molecule has 0 aliphatic heterocycles. The van der Waals surface area contributed by atoms with Crippen LogP contribution in [-0.2, 0) is 0 Å². The molecule has 2 nitrogen and oxygen atoms in total. The van der Waals surface area contributed by atoms with Crippen molar-refractivity contribution in [2.45, 2.75) is 47.6 Å². The number of benzene rings is 1. The van der Waals surface area contributed by atoms with Gasteiger partial charge in [-0.1, -0.05) is 27.7 Å². The highest BCUT2D eigenvalue weighted by atomic mass is 16.5. The number of hydrogen-bond donors (Lipinski definition) is 0. The average Bonchev–Trinajstić information content (AvgIpc) is 2.27. The molecule has 0 heterocycles. The predicted octanol–water partition coefficient (Wildman–Crippen LogP) is 4.58. The van der Waals surface area contributed by atoms with E-state index in [-0.39, 0.29) is 17.8 Å². The van der Waals surface area contributed by atoms with Gasteiger partial charge in [0, 0.05) is 11.5 Å². The minimum Gasteiger partial charge on any atom is -0.491 e. The Labute approximate surface area is 117 Å². The molecule has 0 N–H and O–H groups in total. The molecule has 19 heavy (non-hydrogen) atoms. The van der Waals surface area contributed by atoms with E-state index in [0.717, 1.165) is 11.3 Å². The van der Waals surface area contributed by atoms with Gasteiger partial charge in [-0.2, -0.15) is 0 Å². The zero-order chi connectivity index (χ0) is 14.6. The molecular weight excluding hydrogens is 236 g/mol. The Morgan fingerprint density at radius 2 is 1.37 bits per heavy atom. The first kappa shape index (κ1) is 15.7. The van der Waals surface area contributed by atoms with Crippen molar-refractivity contribution in [2.24, 2.45) is 17.8 Å². The van der Waals surface area contributed by atoms with Gasteiger partial charge in [0.2, 0.25) is 0 Å². The minimum atomic E-state index is 0.0804. The molecule has 0 aromatic heterocycles. The molecule has 0 saturated carbocycles. The number of Topliss-reactive ketones (excluding diaryl/α,β-unsaturated/α-hetero) is 1. The summed E-state index contributed by atoms with van der Waals surface area (Å²) in [6.07, 6.45) is 0.153. The van der Waals surface area contributed by atoms with E-state index >= 15 is 0 Å². The maximum Gasteiger partial charge on any atom is 0.166 e. The summed E-state index contributed by atoms with van der Waals surface area (Å²) in [5.41, 5.74) is 0.781. The first-order valence-electron chi connectivity index (χ1n) is 7.13. The summed E-state index contributed by atoms with van der Waals surface area (Å²) in [7, 11) is 0. The van der Waals surface area contributed by atoms with Crippen LogP contribution in [0.1, 0.15) is 51.9 Å². The Kier molecular flexibility index (Phi) is 5.59. The molecule has 1 rings (SSSR count). The van der Waals surface area contributed by atoms with Crippen LogP contribution >= 0.6 is 0 Å². The van der Waals surface area contributed by atoms with Crippen molar-refractivity contribution >= 4 is 5.78 Å². The molecule has 0 unspecified atom stereocenters. The van der Waals surface area contributed by atoms with Crippen LogP contribution in [-0.4, -0.2) is 11.9 Å². The number of rotatable bonds is 6. The lowest BCUT2D eigenvalue weighted by Crippen LogP contribution is -2.25. The van der Waals surface area contributed by atoms with Crippen molar-refractivity contribution in [3.63, 3.8) is 0 Å². The monoisotopic (exact) mass is 262 g/mol. The molecule has 1 aromatic rings. The molecule has 106 valence electrons. The van der Waals surface area contributed by atoms with Crippen LogP contribution in [0.3, 0.4) is 0 Å². The highest BCUT2D eigenvalue weighted by molar-refractivity contribution is 5.98. The normalized spacial score (nSPS) is 11.7. The van der Waals surface area contributed by atoms with Crippen LogP contribution in [0.15, 0.2) is 24.3 Å². The fourth-order valence-electron chi connectivity index (χ4n) is 2.54. The van der Waals surface area contributed by atoms with Crippen LogP contribution in [0.4, 0.5) is 0 Å². The van der Waals surface area contributed by atoms with Gasteiger partial charge in [-0.25, -0.2) is 0 Å². The number of ketones is 1. The number of carbonyl (C=O) groups excluding carboxylic acids is 1. The average molecular weight is 262 g/mol. The third-order valence-electron chi connectivity index (χ3n) is 3.25. The summed E-state index contributed by atoms with van der Waals surface area (Å²) in [4.78, 5) is 12.5. The zero-order valence-electron chi connectivity index (χ0n) is 12.9. The van der Waals surface area contributed by atoms with Crippen LogP contribution in [0.2, 0.25) is 0 Å². The molecule has 0 saturated heterocycles. The van der Waals surface area contributed by atoms with Crippen molar-refractivity contribution in [1.29, 1.82) is 0 Å². The molecule has 2 heteroatoms. The van der Waals surface area contributed by atoms with Gasteiger partial charge in [-0.15, -0.1) is 0 Å². The number of carbonyl (C=O) groups is 1. The molecule has 0 bridgehead atoms. The van der Waals surface area contributed by atoms with Gasteiger partial charge in [0.1, 0.15) is 5.75 Å². The molecule has 0 aliphatic rings. The van der Waals surface area contributed by atoms with Gasteiger partial charge < -0.3 is 4.74 Å². The molecule has 0 atom stereocenters. The summed E-state index contributed by atoms with van der Waals surface area (Å²) < 4.78 is 5.59. The van der Waals surface area contributed by atoms with E-state index in [1.807, 2.05) is 38.1 Å². The second kappa shape index (κ2) is 6.74. The molecule has 0 aliphatic carbocycles. The summed E-state index contributed by atoms with van der Waals surface area (Å²) in [5.74, 6) is 1.85. The third kappa shape index (κ3) is 4.38. The predicted molar refractivity (Wildman–Crippen MR) is 79.7 cm³/mol. The molecule has 0 amide bonds. The second-order valence-electron chi connectivity index (χ2n) is 6.07. The van der Waals surface area contributed by atoms with Gasteiger partial charge in [-0.3, -0.25) is 4.79 Å². The van der Waals surface area contributed by atoms with Crippen molar-refractivity contribution in [3.05, 3.63) is 29.8 Å². The Hall–Kier alpha value is -1.31. The van der Waals surface area contributed by atoms with E-state index in [1.54, 1.807) is 0 Å². The van der Waals surface area contributed by atoms with Crippen LogP contribution < -0.4 is 4.74 Å². The van der Waals surface area contributed by atoms with E-state index in [0.29, 0.717) is 11.8 Å². The number of hydrogen-bond acceptors (Lipinski definition) is 2. The van der Waals surface area contributed by atoms with Crippen molar-refractivity contribution < 1.29 is 9.53 Å².